The molecule has 0 saturated heterocycles. The van der Waals surface area contributed by atoms with Crippen molar-refractivity contribution in [2.24, 2.45) is 5.41 Å². The van der Waals surface area contributed by atoms with Gasteiger partial charge < -0.3 is 4.43 Å². The number of carbonyl (C=O) groups is 1. The first-order valence-electron chi connectivity index (χ1n) is 7.84. The number of allylic oxidation sites excluding steroid dienone is 2. The third-order valence-corrected chi connectivity index (χ3v) is 4.24. The molecule has 0 amide bonds. The highest BCUT2D eigenvalue weighted by Crippen LogP contribution is 2.32. The summed E-state index contributed by atoms with van der Waals surface area (Å²) in [4.78, 5) is 13.1. The molecule has 0 heterocycles. The fourth-order valence-corrected chi connectivity index (χ4v) is 3.01. The van der Waals surface area contributed by atoms with Crippen LogP contribution in [-0.2, 0) is 10.8 Å². The molecule has 0 fully saturated rings. The number of ketones is 1. The molecule has 0 bridgehead atoms. The van der Waals surface area contributed by atoms with E-state index >= 15 is 0 Å². The zero-order valence-electron chi connectivity index (χ0n) is 14.3. The van der Waals surface area contributed by atoms with Crippen LogP contribution in [0.3, 0.4) is 0 Å². The monoisotopic (exact) mass is 324 g/mol. The van der Waals surface area contributed by atoms with E-state index in [2.05, 4.69) is 32.9 Å². The Labute approximate surface area is 141 Å². The van der Waals surface area contributed by atoms with Gasteiger partial charge in [-0.05, 0) is 11.0 Å². The molecule has 0 radical (unpaired) electrons. The summed E-state index contributed by atoms with van der Waals surface area (Å²) in [6, 6.07) is 19.6. The molecule has 2 aromatic carbocycles. The van der Waals surface area contributed by atoms with E-state index in [4.69, 9.17) is 4.43 Å². The van der Waals surface area contributed by atoms with Gasteiger partial charge in [0, 0.05) is 17.6 Å². The van der Waals surface area contributed by atoms with Crippen molar-refractivity contribution < 1.29 is 9.22 Å². The van der Waals surface area contributed by atoms with Crippen LogP contribution >= 0.6 is 0 Å². The highest BCUT2D eigenvalue weighted by Gasteiger charge is 2.29. The summed E-state index contributed by atoms with van der Waals surface area (Å²) in [5.74, 6) is 0.851. The van der Waals surface area contributed by atoms with Crippen LogP contribution in [0.5, 0.6) is 0 Å². The Morgan fingerprint density at radius 1 is 0.957 bits per heavy atom. The van der Waals surface area contributed by atoms with Crippen LogP contribution in [-0.4, -0.2) is 16.3 Å². The number of rotatable bonds is 5. The predicted molar refractivity (Wildman–Crippen MR) is 98.4 cm³/mol. The second kappa shape index (κ2) is 7.42. The van der Waals surface area contributed by atoms with E-state index in [1.807, 2.05) is 48.5 Å². The van der Waals surface area contributed by atoms with Crippen molar-refractivity contribution in [2.75, 3.05) is 0 Å². The van der Waals surface area contributed by atoms with Crippen LogP contribution in [0.4, 0.5) is 0 Å². The molecule has 2 rings (SSSR count). The Morgan fingerprint density at radius 3 is 1.96 bits per heavy atom. The fraction of sp³-hybridized carbons (Fsp3) is 0.250. The highest BCUT2D eigenvalue weighted by molar-refractivity contribution is 6.10. The normalized spacial score (nSPS) is 12.7. The average molecular weight is 324 g/mol. The minimum absolute atomic E-state index is 0.0554. The van der Waals surface area contributed by atoms with Crippen LogP contribution in [0.2, 0.25) is 0 Å². The minimum Gasteiger partial charge on any atom is -0.555 e. The molecule has 0 unspecified atom stereocenters. The lowest BCUT2D eigenvalue weighted by atomic mass is 9.80. The number of hydrogen-bond donors (Lipinski definition) is 0. The van der Waals surface area contributed by atoms with Crippen LogP contribution in [0.25, 0.3) is 0 Å². The molecule has 0 N–H and O–H groups in total. The number of benzene rings is 2. The molecular formula is C20H24O2Si. The quantitative estimate of drug-likeness (QED) is 0.363. The summed E-state index contributed by atoms with van der Waals surface area (Å²) in [6.45, 7) is 6.19. The lowest BCUT2D eigenvalue weighted by molar-refractivity contribution is 0.100. The Kier molecular flexibility index (Phi) is 5.56. The summed E-state index contributed by atoms with van der Waals surface area (Å²) < 4.78 is 5.78. The summed E-state index contributed by atoms with van der Waals surface area (Å²) in [7, 11) is 0.563. The zero-order chi connectivity index (χ0) is 16.9. The molecule has 0 spiro atoms. The Morgan fingerprint density at radius 2 is 1.48 bits per heavy atom. The SMILES string of the molecule is CC(C)(C)C(C(=O)c1ccccc1)=C(Cc1ccccc1)O[SiH3]. The summed E-state index contributed by atoms with van der Waals surface area (Å²) in [5.41, 5.74) is 2.35. The molecule has 0 saturated carbocycles. The topological polar surface area (TPSA) is 26.3 Å². The van der Waals surface area contributed by atoms with Crippen molar-refractivity contribution in [3.63, 3.8) is 0 Å². The molecule has 3 heteroatoms. The summed E-state index contributed by atoms with van der Waals surface area (Å²) in [6.07, 6.45) is 0.648. The van der Waals surface area contributed by atoms with Crippen molar-refractivity contribution in [2.45, 2.75) is 27.2 Å². The van der Waals surface area contributed by atoms with Gasteiger partial charge in [-0.2, -0.15) is 0 Å². The lowest BCUT2D eigenvalue weighted by Crippen LogP contribution is -2.22. The van der Waals surface area contributed by atoms with Gasteiger partial charge in [-0.1, -0.05) is 81.4 Å². The first kappa shape index (κ1) is 17.2. The summed E-state index contributed by atoms with van der Waals surface area (Å²) >= 11 is 0. The van der Waals surface area contributed by atoms with Gasteiger partial charge in [-0.15, -0.1) is 0 Å². The van der Waals surface area contributed by atoms with Gasteiger partial charge in [0.05, 0.1) is 5.76 Å². The van der Waals surface area contributed by atoms with Crippen molar-refractivity contribution in [3.05, 3.63) is 83.1 Å². The molecule has 0 aliphatic rings. The van der Waals surface area contributed by atoms with Gasteiger partial charge in [0.1, 0.15) is 0 Å². The Hall–Kier alpha value is -2.13. The van der Waals surface area contributed by atoms with Crippen LogP contribution < -0.4 is 0 Å². The van der Waals surface area contributed by atoms with Crippen molar-refractivity contribution in [1.82, 2.24) is 0 Å². The Bertz CT molecular complexity index is 683. The van der Waals surface area contributed by atoms with Crippen molar-refractivity contribution in [3.8, 4) is 0 Å². The number of hydrogen-bond acceptors (Lipinski definition) is 2. The molecule has 2 aromatic rings. The molecule has 0 aliphatic carbocycles. The first-order chi connectivity index (χ1) is 10.9. The molecule has 120 valence electrons. The van der Waals surface area contributed by atoms with E-state index in [-0.39, 0.29) is 11.2 Å². The minimum atomic E-state index is -0.276. The van der Waals surface area contributed by atoms with E-state index < -0.39 is 0 Å². The third kappa shape index (κ3) is 4.42. The van der Waals surface area contributed by atoms with Crippen molar-refractivity contribution in [1.29, 1.82) is 0 Å². The first-order valence-corrected chi connectivity index (χ1v) is 8.66. The molecule has 23 heavy (non-hydrogen) atoms. The smallest absolute Gasteiger partial charge is 0.203 e. The van der Waals surface area contributed by atoms with Crippen LogP contribution in [0.1, 0.15) is 36.7 Å². The fourth-order valence-electron chi connectivity index (χ4n) is 2.66. The van der Waals surface area contributed by atoms with E-state index in [1.54, 1.807) is 0 Å². The maximum Gasteiger partial charge on any atom is 0.203 e. The molecule has 0 aliphatic heterocycles. The Balaban J connectivity index is 2.49. The van der Waals surface area contributed by atoms with Crippen LogP contribution in [0, 0.1) is 5.41 Å². The van der Waals surface area contributed by atoms with Gasteiger partial charge in [0.25, 0.3) is 0 Å². The maximum absolute atomic E-state index is 13.1. The molecule has 0 atom stereocenters. The zero-order valence-corrected chi connectivity index (χ0v) is 16.3. The van der Waals surface area contributed by atoms with Crippen molar-refractivity contribution >= 4 is 16.3 Å². The largest absolute Gasteiger partial charge is 0.555 e. The number of Topliss-reactive ketones (excluding diaryl/α,β-unsaturated/α-hetero) is 1. The van der Waals surface area contributed by atoms with E-state index in [0.717, 1.165) is 16.9 Å². The molecule has 0 aromatic heterocycles. The van der Waals surface area contributed by atoms with Gasteiger partial charge in [0.2, 0.25) is 10.5 Å². The van der Waals surface area contributed by atoms with Gasteiger partial charge in [0.15, 0.2) is 5.78 Å². The second-order valence-electron chi connectivity index (χ2n) is 6.61. The highest BCUT2D eigenvalue weighted by atomic mass is 28.2. The average Bonchev–Trinajstić information content (AvgIpc) is 2.54. The molecule has 2 nitrogen and oxygen atoms in total. The standard InChI is InChI=1S/C20H24O2Si/c1-20(2,3)18(19(21)16-12-8-5-9-13-16)17(22-23)14-15-10-6-4-7-11-15/h4-13H,14H2,1-3,23H3. The lowest BCUT2D eigenvalue weighted by Gasteiger charge is -2.26. The van der Waals surface area contributed by atoms with Gasteiger partial charge >= 0.3 is 0 Å². The van der Waals surface area contributed by atoms with Gasteiger partial charge in [-0.3, -0.25) is 4.79 Å². The maximum atomic E-state index is 13.1. The number of carbonyl (C=O) groups excluding carboxylic acids is 1. The summed E-state index contributed by atoms with van der Waals surface area (Å²) in [5, 5.41) is 0. The van der Waals surface area contributed by atoms with E-state index in [1.165, 1.54) is 0 Å². The third-order valence-electron chi connectivity index (χ3n) is 3.75. The van der Waals surface area contributed by atoms with Gasteiger partial charge in [-0.25, -0.2) is 0 Å². The van der Waals surface area contributed by atoms with E-state index in [9.17, 15) is 4.79 Å². The second-order valence-corrected chi connectivity index (χ2v) is 7.02. The van der Waals surface area contributed by atoms with E-state index in [0.29, 0.717) is 22.5 Å². The molecular weight excluding hydrogens is 300 g/mol. The predicted octanol–water partition coefficient (Wildman–Crippen LogP) is 3.71. The van der Waals surface area contributed by atoms with Crippen LogP contribution in [0.15, 0.2) is 72.0 Å².